The summed E-state index contributed by atoms with van der Waals surface area (Å²) in [5, 5.41) is 3.13. The number of carbonyl (C=O) groups excluding carboxylic acids is 1. The molecule has 0 bridgehead atoms. The summed E-state index contributed by atoms with van der Waals surface area (Å²) in [6.45, 7) is 8.35. The maximum absolute atomic E-state index is 12.1. The number of rotatable bonds is 8. The van der Waals surface area contributed by atoms with Gasteiger partial charge in [0, 0.05) is 0 Å². The van der Waals surface area contributed by atoms with Crippen LogP contribution in [0.4, 0.5) is 0 Å². The molecule has 0 fully saturated rings. The van der Waals surface area contributed by atoms with E-state index in [0.717, 1.165) is 12.2 Å². The molecular weight excluding hydrogens is 266 g/mol. The van der Waals surface area contributed by atoms with Crippen LogP contribution in [0.3, 0.4) is 0 Å². The molecule has 0 aliphatic carbocycles. The highest BCUT2D eigenvalue weighted by atomic mass is 32.2. The number of nitrogens with one attached hydrogen (secondary N) is 1. The van der Waals surface area contributed by atoms with Crippen LogP contribution in [0.15, 0.2) is 24.3 Å². The van der Waals surface area contributed by atoms with Crippen molar-refractivity contribution in [3.8, 4) is 0 Å². The number of benzene rings is 1. The summed E-state index contributed by atoms with van der Waals surface area (Å²) < 4.78 is 0. The number of unbranched alkanes of at least 4 members (excludes halogenated alkanes) is 1. The first-order valence-electron chi connectivity index (χ1n) is 7.59. The zero-order valence-electron chi connectivity index (χ0n) is 13.1. The van der Waals surface area contributed by atoms with Gasteiger partial charge in [-0.2, -0.15) is 0 Å². The van der Waals surface area contributed by atoms with Crippen molar-refractivity contribution in [3.05, 3.63) is 35.4 Å². The van der Waals surface area contributed by atoms with Gasteiger partial charge >= 0.3 is 0 Å². The molecule has 0 aliphatic rings. The number of amides is 1. The Bertz CT molecular complexity index is 402. The third-order valence-corrected chi connectivity index (χ3v) is 4.72. The summed E-state index contributed by atoms with van der Waals surface area (Å²) in [6.07, 6.45) is 3.41. The van der Waals surface area contributed by atoms with Crippen LogP contribution in [-0.2, 0) is 11.2 Å². The summed E-state index contributed by atoms with van der Waals surface area (Å²) in [4.78, 5) is 12.1. The largest absolute Gasteiger partial charge is 0.349 e. The molecule has 20 heavy (non-hydrogen) atoms. The topological polar surface area (TPSA) is 29.1 Å². The van der Waals surface area contributed by atoms with Crippen molar-refractivity contribution in [1.82, 2.24) is 5.32 Å². The van der Waals surface area contributed by atoms with Crippen LogP contribution in [-0.4, -0.2) is 16.9 Å². The van der Waals surface area contributed by atoms with Crippen LogP contribution >= 0.6 is 11.8 Å². The Kier molecular flexibility index (Phi) is 7.75. The van der Waals surface area contributed by atoms with Gasteiger partial charge in [0.25, 0.3) is 0 Å². The molecule has 2 nitrogen and oxygen atoms in total. The molecule has 3 heteroatoms. The smallest absolute Gasteiger partial charge is 0.233 e. The number of hydrogen-bond acceptors (Lipinski definition) is 2. The van der Waals surface area contributed by atoms with Crippen LogP contribution in [0.5, 0.6) is 0 Å². The molecule has 2 unspecified atom stereocenters. The lowest BCUT2D eigenvalue weighted by Gasteiger charge is -2.18. The molecule has 1 aromatic rings. The molecule has 0 spiro atoms. The summed E-state index contributed by atoms with van der Waals surface area (Å²) in [5.41, 5.74) is 2.50. The van der Waals surface area contributed by atoms with Crippen LogP contribution in [0.1, 0.15) is 57.7 Å². The van der Waals surface area contributed by atoms with Gasteiger partial charge in [-0.3, -0.25) is 4.79 Å². The lowest BCUT2D eigenvalue weighted by Crippen LogP contribution is -2.33. The molecule has 0 radical (unpaired) electrons. The normalized spacial score (nSPS) is 13.8. The van der Waals surface area contributed by atoms with Gasteiger partial charge in [-0.1, -0.05) is 44.5 Å². The van der Waals surface area contributed by atoms with Gasteiger partial charge in [0.1, 0.15) is 0 Å². The lowest BCUT2D eigenvalue weighted by molar-refractivity contribution is -0.120. The summed E-state index contributed by atoms with van der Waals surface area (Å²) in [7, 11) is 0. The van der Waals surface area contributed by atoms with E-state index < -0.39 is 0 Å². The molecule has 0 aliphatic heterocycles. The molecule has 0 heterocycles. The van der Waals surface area contributed by atoms with Crippen LogP contribution in [0.2, 0.25) is 0 Å². The first-order chi connectivity index (χ1) is 9.58. The van der Waals surface area contributed by atoms with Gasteiger partial charge in [0.2, 0.25) is 5.91 Å². The molecule has 112 valence electrons. The molecular formula is C17H27NOS. The van der Waals surface area contributed by atoms with Crippen molar-refractivity contribution in [2.45, 2.75) is 58.2 Å². The maximum Gasteiger partial charge on any atom is 0.233 e. The Morgan fingerprint density at radius 2 is 1.85 bits per heavy atom. The van der Waals surface area contributed by atoms with E-state index >= 15 is 0 Å². The van der Waals surface area contributed by atoms with E-state index in [1.165, 1.54) is 24.0 Å². The highest BCUT2D eigenvalue weighted by Crippen LogP contribution is 2.17. The van der Waals surface area contributed by atoms with Gasteiger partial charge < -0.3 is 5.32 Å². The minimum Gasteiger partial charge on any atom is -0.349 e. The van der Waals surface area contributed by atoms with E-state index in [0.29, 0.717) is 0 Å². The molecule has 0 saturated carbocycles. The predicted octanol–water partition coefficient (Wildman–Crippen LogP) is 4.35. The molecule has 1 amide bonds. The van der Waals surface area contributed by atoms with Crippen molar-refractivity contribution in [1.29, 1.82) is 0 Å². The first kappa shape index (κ1) is 17.1. The molecule has 0 saturated heterocycles. The van der Waals surface area contributed by atoms with Gasteiger partial charge in [-0.15, -0.1) is 11.8 Å². The van der Waals surface area contributed by atoms with Crippen molar-refractivity contribution >= 4 is 17.7 Å². The molecule has 0 aromatic heterocycles. The van der Waals surface area contributed by atoms with Gasteiger partial charge in [-0.25, -0.2) is 0 Å². The number of carbonyl (C=O) groups is 1. The fraction of sp³-hybridized carbons (Fsp3) is 0.588. The summed E-state index contributed by atoms with van der Waals surface area (Å²) in [5.74, 6) is 1.20. The number of aryl methyl sites for hydroxylation is 1. The van der Waals surface area contributed by atoms with Crippen molar-refractivity contribution in [2.24, 2.45) is 0 Å². The van der Waals surface area contributed by atoms with Crippen molar-refractivity contribution < 1.29 is 4.79 Å². The SMILES string of the molecule is CCCCSC(C)C(=O)NC(C)c1ccc(CC)cc1. The molecule has 1 aromatic carbocycles. The second-order valence-electron chi connectivity index (χ2n) is 5.19. The van der Waals surface area contributed by atoms with Crippen LogP contribution < -0.4 is 5.32 Å². The molecule has 1 N–H and O–H groups in total. The minimum atomic E-state index is 0.0268. The van der Waals surface area contributed by atoms with Gasteiger partial charge in [-0.05, 0) is 43.6 Å². The van der Waals surface area contributed by atoms with E-state index in [2.05, 4.69) is 43.4 Å². The number of hydrogen-bond donors (Lipinski definition) is 1. The Morgan fingerprint density at radius 1 is 1.20 bits per heavy atom. The third kappa shape index (κ3) is 5.58. The monoisotopic (exact) mass is 293 g/mol. The van der Waals surface area contributed by atoms with Crippen molar-refractivity contribution in [3.63, 3.8) is 0 Å². The fourth-order valence-corrected chi connectivity index (χ4v) is 2.96. The zero-order valence-corrected chi connectivity index (χ0v) is 13.9. The van der Waals surface area contributed by atoms with E-state index in [1.54, 1.807) is 11.8 Å². The maximum atomic E-state index is 12.1. The average Bonchev–Trinajstić information content (AvgIpc) is 2.47. The second kappa shape index (κ2) is 9.06. The van der Waals surface area contributed by atoms with E-state index in [9.17, 15) is 4.79 Å². The second-order valence-corrected chi connectivity index (χ2v) is 6.64. The van der Waals surface area contributed by atoms with E-state index in [-0.39, 0.29) is 17.2 Å². The standard InChI is InChI=1S/C17H27NOS/c1-5-7-12-20-14(4)17(19)18-13(3)16-10-8-15(6-2)9-11-16/h8-11,13-14H,5-7,12H2,1-4H3,(H,18,19). The number of thioether (sulfide) groups is 1. The minimum absolute atomic E-state index is 0.0268. The lowest BCUT2D eigenvalue weighted by atomic mass is 10.0. The summed E-state index contributed by atoms with van der Waals surface area (Å²) >= 11 is 1.74. The molecule has 1 rings (SSSR count). The third-order valence-electron chi connectivity index (χ3n) is 3.48. The van der Waals surface area contributed by atoms with E-state index in [1.807, 2.05) is 13.8 Å². The predicted molar refractivity (Wildman–Crippen MR) is 89.2 cm³/mol. The van der Waals surface area contributed by atoms with Gasteiger partial charge in [0.05, 0.1) is 11.3 Å². The highest BCUT2D eigenvalue weighted by Gasteiger charge is 2.16. The van der Waals surface area contributed by atoms with Crippen LogP contribution in [0.25, 0.3) is 0 Å². The Hall–Kier alpha value is -0.960. The summed E-state index contributed by atoms with van der Waals surface area (Å²) in [6, 6.07) is 8.56. The Morgan fingerprint density at radius 3 is 2.40 bits per heavy atom. The van der Waals surface area contributed by atoms with E-state index in [4.69, 9.17) is 0 Å². The fourth-order valence-electron chi connectivity index (χ4n) is 1.94. The quantitative estimate of drug-likeness (QED) is 0.722. The van der Waals surface area contributed by atoms with Crippen molar-refractivity contribution in [2.75, 3.05) is 5.75 Å². The average molecular weight is 293 g/mol. The zero-order chi connectivity index (χ0) is 15.0. The first-order valence-corrected chi connectivity index (χ1v) is 8.64. The Balaban J connectivity index is 2.47. The Labute approximate surface area is 127 Å². The molecule has 2 atom stereocenters. The van der Waals surface area contributed by atoms with Crippen LogP contribution in [0, 0.1) is 0 Å². The highest BCUT2D eigenvalue weighted by molar-refractivity contribution is 8.00. The van der Waals surface area contributed by atoms with Gasteiger partial charge in [0.15, 0.2) is 0 Å².